The lowest BCUT2D eigenvalue weighted by atomic mass is 10.2. The van der Waals surface area contributed by atoms with Crippen LogP contribution in [0, 0.1) is 0 Å². The lowest BCUT2D eigenvalue weighted by molar-refractivity contribution is -0.130. The Bertz CT molecular complexity index is 858. The van der Waals surface area contributed by atoms with Gasteiger partial charge in [-0.25, -0.2) is 8.42 Å². The zero-order chi connectivity index (χ0) is 17.4. The highest BCUT2D eigenvalue weighted by Gasteiger charge is 2.42. The van der Waals surface area contributed by atoms with Gasteiger partial charge < -0.3 is 9.32 Å². The summed E-state index contributed by atoms with van der Waals surface area (Å²) in [6.07, 6.45) is 2.45. The normalized spacial score (nSPS) is 22.2. The first-order valence-electron chi connectivity index (χ1n) is 8.03. The van der Waals surface area contributed by atoms with Crippen LogP contribution in [0.2, 0.25) is 0 Å². The van der Waals surface area contributed by atoms with Crippen molar-refractivity contribution in [3.05, 3.63) is 17.5 Å². The molecular formula is C15H17N3O4S3. The minimum absolute atomic E-state index is 0.0505. The zero-order valence-electron chi connectivity index (χ0n) is 13.3. The summed E-state index contributed by atoms with van der Waals surface area (Å²) in [5.74, 6) is 0.841. The van der Waals surface area contributed by atoms with E-state index >= 15 is 0 Å². The van der Waals surface area contributed by atoms with Gasteiger partial charge in [-0.2, -0.15) is 0 Å². The van der Waals surface area contributed by atoms with Gasteiger partial charge in [0, 0.05) is 12.1 Å². The number of aromatic nitrogens is 2. The van der Waals surface area contributed by atoms with Gasteiger partial charge in [-0.05, 0) is 30.7 Å². The van der Waals surface area contributed by atoms with Crippen molar-refractivity contribution in [2.75, 3.05) is 17.3 Å². The first kappa shape index (κ1) is 17.0. The predicted octanol–water partition coefficient (Wildman–Crippen LogP) is 2.07. The van der Waals surface area contributed by atoms with Crippen LogP contribution in [0.4, 0.5) is 0 Å². The predicted molar refractivity (Wildman–Crippen MR) is 95.3 cm³/mol. The van der Waals surface area contributed by atoms with Crippen molar-refractivity contribution in [1.82, 2.24) is 15.1 Å². The highest BCUT2D eigenvalue weighted by Crippen LogP contribution is 2.33. The van der Waals surface area contributed by atoms with E-state index in [4.69, 9.17) is 4.42 Å². The Kier molecular flexibility index (Phi) is 4.59. The molecule has 1 amide bonds. The molecule has 2 fully saturated rings. The second-order valence-electron chi connectivity index (χ2n) is 6.23. The summed E-state index contributed by atoms with van der Waals surface area (Å²) in [5.41, 5.74) is 0. The zero-order valence-corrected chi connectivity index (χ0v) is 15.8. The average molecular weight is 400 g/mol. The van der Waals surface area contributed by atoms with Gasteiger partial charge >= 0.3 is 0 Å². The van der Waals surface area contributed by atoms with E-state index in [2.05, 4.69) is 10.2 Å². The number of sulfone groups is 1. The van der Waals surface area contributed by atoms with Crippen molar-refractivity contribution in [2.24, 2.45) is 0 Å². The molecule has 0 N–H and O–H groups in total. The summed E-state index contributed by atoms with van der Waals surface area (Å²) in [6.45, 7) is 0. The topological polar surface area (TPSA) is 93.4 Å². The number of carbonyl (C=O) groups excluding carboxylic acids is 1. The molecule has 3 heterocycles. The third-order valence-corrected chi connectivity index (χ3v) is 7.70. The van der Waals surface area contributed by atoms with Gasteiger partial charge in [0.15, 0.2) is 9.84 Å². The second-order valence-corrected chi connectivity index (χ2v) is 10.3. The Morgan fingerprint density at radius 3 is 2.80 bits per heavy atom. The van der Waals surface area contributed by atoms with E-state index in [-0.39, 0.29) is 35.2 Å². The van der Waals surface area contributed by atoms with Gasteiger partial charge in [-0.1, -0.05) is 17.8 Å². The molecule has 0 bridgehead atoms. The van der Waals surface area contributed by atoms with Gasteiger partial charge in [-0.3, -0.25) is 4.79 Å². The molecule has 0 aromatic carbocycles. The fraction of sp³-hybridized carbons (Fsp3) is 0.533. The standard InChI is InChI=1S/C15H17N3O4S3/c19-13(18(10-3-4-10)11-5-7-25(20,21)9-11)8-24-15-17-16-14(22-15)12-2-1-6-23-12/h1-2,6,10-11H,3-5,7-9H2/t11-/m1/s1. The lowest BCUT2D eigenvalue weighted by Crippen LogP contribution is -2.43. The van der Waals surface area contributed by atoms with Gasteiger partial charge in [0.2, 0.25) is 5.91 Å². The average Bonchev–Trinajstić information content (AvgIpc) is 3.00. The molecule has 2 aromatic rings. The number of hydrogen-bond acceptors (Lipinski definition) is 8. The Labute approximate surface area is 153 Å². The summed E-state index contributed by atoms with van der Waals surface area (Å²) < 4.78 is 29.0. The van der Waals surface area contributed by atoms with Crippen LogP contribution in [-0.2, 0) is 14.6 Å². The van der Waals surface area contributed by atoms with Crippen molar-refractivity contribution >= 4 is 38.8 Å². The summed E-state index contributed by atoms with van der Waals surface area (Å²) in [7, 11) is -3.01. The van der Waals surface area contributed by atoms with E-state index in [0.717, 1.165) is 17.7 Å². The van der Waals surface area contributed by atoms with E-state index < -0.39 is 9.84 Å². The SMILES string of the molecule is O=C(CSc1nnc(-c2cccs2)o1)N(C1CC1)[C@@H]1CCS(=O)(=O)C1. The van der Waals surface area contributed by atoms with Crippen LogP contribution in [0.1, 0.15) is 19.3 Å². The van der Waals surface area contributed by atoms with E-state index in [9.17, 15) is 13.2 Å². The lowest BCUT2D eigenvalue weighted by Gasteiger charge is -2.28. The number of amides is 1. The Hall–Kier alpha value is -1.39. The van der Waals surface area contributed by atoms with Gasteiger partial charge in [0.25, 0.3) is 11.1 Å². The molecule has 2 aromatic heterocycles. The smallest absolute Gasteiger partial charge is 0.277 e. The number of carbonyl (C=O) groups is 1. The molecule has 1 aliphatic carbocycles. The van der Waals surface area contributed by atoms with Crippen molar-refractivity contribution in [1.29, 1.82) is 0 Å². The number of thioether (sulfide) groups is 1. The molecule has 1 aliphatic heterocycles. The Morgan fingerprint density at radius 2 is 2.16 bits per heavy atom. The first-order chi connectivity index (χ1) is 12.0. The van der Waals surface area contributed by atoms with Crippen LogP contribution in [0.5, 0.6) is 0 Å². The molecule has 4 rings (SSSR count). The second kappa shape index (κ2) is 6.73. The van der Waals surface area contributed by atoms with Gasteiger partial charge in [0.1, 0.15) is 0 Å². The fourth-order valence-electron chi connectivity index (χ4n) is 3.02. The molecule has 1 saturated carbocycles. The summed E-state index contributed by atoms with van der Waals surface area (Å²) in [5, 5.41) is 10.2. The van der Waals surface area contributed by atoms with Gasteiger partial charge in [-0.15, -0.1) is 21.5 Å². The number of rotatable bonds is 6. The molecule has 25 heavy (non-hydrogen) atoms. The molecule has 2 aliphatic rings. The number of hydrogen-bond donors (Lipinski definition) is 0. The van der Waals surface area contributed by atoms with Crippen LogP contribution in [0.25, 0.3) is 10.8 Å². The maximum Gasteiger partial charge on any atom is 0.277 e. The van der Waals surface area contributed by atoms with Crippen molar-refractivity contribution in [2.45, 2.75) is 36.6 Å². The van der Waals surface area contributed by atoms with Crippen LogP contribution < -0.4 is 0 Å². The molecule has 1 saturated heterocycles. The number of thiophene rings is 1. The largest absolute Gasteiger partial charge is 0.410 e. The highest BCUT2D eigenvalue weighted by atomic mass is 32.2. The minimum atomic E-state index is -3.01. The monoisotopic (exact) mass is 399 g/mol. The third kappa shape index (κ3) is 3.90. The minimum Gasteiger partial charge on any atom is -0.410 e. The van der Waals surface area contributed by atoms with E-state index in [1.54, 1.807) is 4.90 Å². The molecular weight excluding hydrogens is 382 g/mol. The highest BCUT2D eigenvalue weighted by molar-refractivity contribution is 7.99. The molecule has 0 spiro atoms. The maximum atomic E-state index is 12.7. The molecule has 0 unspecified atom stereocenters. The number of nitrogens with zero attached hydrogens (tertiary/aromatic N) is 3. The van der Waals surface area contributed by atoms with E-state index in [0.29, 0.717) is 17.5 Å². The molecule has 10 heteroatoms. The van der Waals surface area contributed by atoms with E-state index in [1.165, 1.54) is 23.1 Å². The van der Waals surface area contributed by atoms with Crippen molar-refractivity contribution in [3.63, 3.8) is 0 Å². The maximum absolute atomic E-state index is 12.7. The quantitative estimate of drug-likeness (QED) is 0.686. The van der Waals surface area contributed by atoms with Crippen molar-refractivity contribution in [3.8, 4) is 10.8 Å². The molecule has 134 valence electrons. The first-order valence-corrected chi connectivity index (χ1v) is 11.7. The van der Waals surface area contributed by atoms with Gasteiger partial charge in [0.05, 0.1) is 22.1 Å². The van der Waals surface area contributed by atoms with Crippen LogP contribution in [-0.4, -0.2) is 58.8 Å². The Morgan fingerprint density at radius 1 is 1.32 bits per heavy atom. The molecule has 0 radical (unpaired) electrons. The summed E-state index contributed by atoms with van der Waals surface area (Å²) >= 11 is 2.71. The summed E-state index contributed by atoms with van der Waals surface area (Å²) in [4.78, 5) is 15.3. The molecule has 1 atom stereocenters. The fourth-order valence-corrected chi connectivity index (χ4v) is 6.01. The third-order valence-electron chi connectivity index (χ3n) is 4.29. The van der Waals surface area contributed by atoms with Crippen LogP contribution in [0.3, 0.4) is 0 Å². The van der Waals surface area contributed by atoms with Crippen LogP contribution in [0.15, 0.2) is 27.2 Å². The molecule has 7 nitrogen and oxygen atoms in total. The summed E-state index contributed by atoms with van der Waals surface area (Å²) in [6, 6.07) is 3.81. The van der Waals surface area contributed by atoms with E-state index in [1.807, 2.05) is 17.5 Å². The Balaban J connectivity index is 1.39. The van der Waals surface area contributed by atoms with Crippen LogP contribution >= 0.6 is 23.1 Å². The van der Waals surface area contributed by atoms with Crippen molar-refractivity contribution < 1.29 is 17.6 Å².